The molecule has 4 aromatic carbocycles. The number of carbonyl (C=O) groups excluding carboxylic acids is 3. The second-order valence-electron chi connectivity index (χ2n) is 9.80. The van der Waals surface area contributed by atoms with Crippen LogP contribution in [-0.4, -0.2) is 51.4 Å². The molecule has 11 heteroatoms. The number of methoxy groups -OCH3 is 4. The number of thioether (sulfide) groups is 1. The Kier molecular flexibility index (Phi) is 11.7. The average Bonchev–Trinajstić information content (AvgIpc) is 3.07. The van der Waals surface area contributed by atoms with Gasteiger partial charge in [0.2, 0.25) is 11.7 Å². The van der Waals surface area contributed by atoms with Gasteiger partial charge in [0.25, 0.3) is 11.8 Å². The molecule has 0 fully saturated rings. The molecule has 3 N–H and O–H groups in total. The summed E-state index contributed by atoms with van der Waals surface area (Å²) in [6, 6.07) is 26.1. The molecule has 10 nitrogen and oxygen atoms in total. The number of nitrogens with one attached hydrogen (secondary N) is 3. The molecule has 0 aromatic heterocycles. The highest BCUT2D eigenvalue weighted by Crippen LogP contribution is 2.38. The summed E-state index contributed by atoms with van der Waals surface area (Å²) in [7, 11) is 6.04. The zero-order valence-corrected chi connectivity index (χ0v) is 26.9. The van der Waals surface area contributed by atoms with Crippen LogP contribution in [-0.2, 0) is 9.59 Å². The minimum absolute atomic E-state index is 0.0211. The van der Waals surface area contributed by atoms with E-state index < -0.39 is 17.1 Å². The highest BCUT2D eigenvalue weighted by Gasteiger charge is 2.19. The first kappa shape index (κ1) is 33.5. The van der Waals surface area contributed by atoms with Crippen LogP contribution in [0.1, 0.15) is 22.8 Å². The summed E-state index contributed by atoms with van der Waals surface area (Å²) in [6.45, 7) is 1.79. The van der Waals surface area contributed by atoms with Crippen LogP contribution in [0, 0.1) is 0 Å². The lowest BCUT2D eigenvalue weighted by atomic mass is 10.1. The van der Waals surface area contributed by atoms with Crippen molar-refractivity contribution in [2.45, 2.75) is 17.1 Å². The lowest BCUT2D eigenvalue weighted by Gasteiger charge is -2.15. The zero-order chi connectivity index (χ0) is 33.1. The number of amides is 3. The molecule has 0 aliphatic carbocycles. The van der Waals surface area contributed by atoms with E-state index in [9.17, 15) is 14.4 Å². The molecule has 0 saturated carbocycles. The fourth-order valence-electron chi connectivity index (χ4n) is 4.34. The van der Waals surface area contributed by atoms with Gasteiger partial charge in [0, 0.05) is 27.9 Å². The first-order valence-corrected chi connectivity index (χ1v) is 15.0. The van der Waals surface area contributed by atoms with Crippen molar-refractivity contribution in [1.29, 1.82) is 0 Å². The average molecular weight is 642 g/mol. The van der Waals surface area contributed by atoms with E-state index >= 15 is 0 Å². The molecule has 0 bridgehead atoms. The Balaban J connectivity index is 1.56. The normalized spacial score (nSPS) is 11.5. The Labute approximate surface area is 272 Å². The number of carbonyl (C=O) groups is 3. The monoisotopic (exact) mass is 641 g/mol. The third kappa shape index (κ3) is 8.82. The quantitative estimate of drug-likeness (QED) is 0.116. The maximum atomic E-state index is 13.7. The van der Waals surface area contributed by atoms with Gasteiger partial charge in [-0.05, 0) is 73.2 Å². The fraction of sp³-hybridized carbons (Fsp3) is 0.171. The van der Waals surface area contributed by atoms with Gasteiger partial charge in [-0.15, -0.1) is 11.8 Å². The third-order valence-electron chi connectivity index (χ3n) is 6.64. The molecule has 1 unspecified atom stereocenters. The van der Waals surface area contributed by atoms with Crippen LogP contribution < -0.4 is 34.9 Å². The first-order chi connectivity index (χ1) is 22.2. The van der Waals surface area contributed by atoms with E-state index in [0.717, 1.165) is 4.90 Å². The van der Waals surface area contributed by atoms with E-state index in [1.807, 2.05) is 6.07 Å². The van der Waals surface area contributed by atoms with Crippen LogP contribution in [0.5, 0.6) is 23.0 Å². The largest absolute Gasteiger partial charge is 0.497 e. The minimum atomic E-state index is -0.566. The Morgan fingerprint density at radius 2 is 1.37 bits per heavy atom. The predicted molar refractivity (Wildman–Crippen MR) is 180 cm³/mol. The van der Waals surface area contributed by atoms with Crippen molar-refractivity contribution in [3.8, 4) is 23.0 Å². The van der Waals surface area contributed by atoms with Gasteiger partial charge in [-0.2, -0.15) is 0 Å². The Morgan fingerprint density at radius 1 is 0.717 bits per heavy atom. The molecular formula is C35H35N3O7S. The van der Waals surface area contributed by atoms with E-state index in [-0.39, 0.29) is 11.6 Å². The Hall–Kier alpha value is -5.42. The second kappa shape index (κ2) is 16.1. The van der Waals surface area contributed by atoms with E-state index in [1.165, 1.54) is 39.2 Å². The van der Waals surface area contributed by atoms with Crippen molar-refractivity contribution in [3.63, 3.8) is 0 Å². The number of anilines is 2. The molecular weight excluding hydrogens is 606 g/mol. The molecule has 0 radical (unpaired) electrons. The fourth-order valence-corrected chi connectivity index (χ4v) is 5.27. The molecule has 46 heavy (non-hydrogen) atoms. The smallest absolute Gasteiger partial charge is 0.272 e. The van der Waals surface area contributed by atoms with Gasteiger partial charge in [-0.25, -0.2) is 0 Å². The van der Waals surface area contributed by atoms with Gasteiger partial charge in [0.05, 0.1) is 33.7 Å². The lowest BCUT2D eigenvalue weighted by Crippen LogP contribution is -2.30. The molecule has 1 atom stereocenters. The van der Waals surface area contributed by atoms with Crippen molar-refractivity contribution < 1.29 is 33.3 Å². The number of benzene rings is 4. The summed E-state index contributed by atoms with van der Waals surface area (Å²) in [6.07, 6.45) is 1.52. The van der Waals surface area contributed by atoms with Crippen molar-refractivity contribution in [3.05, 3.63) is 108 Å². The summed E-state index contributed by atoms with van der Waals surface area (Å²) < 4.78 is 21.5. The molecule has 0 aliphatic heterocycles. The van der Waals surface area contributed by atoms with Gasteiger partial charge in [-0.3, -0.25) is 14.4 Å². The van der Waals surface area contributed by atoms with Gasteiger partial charge >= 0.3 is 0 Å². The molecule has 0 heterocycles. The summed E-state index contributed by atoms with van der Waals surface area (Å²) in [5, 5.41) is 8.03. The maximum absolute atomic E-state index is 13.7. The van der Waals surface area contributed by atoms with Crippen LogP contribution in [0.4, 0.5) is 11.4 Å². The van der Waals surface area contributed by atoms with Crippen LogP contribution in [0.3, 0.4) is 0 Å². The molecule has 4 rings (SSSR count). The van der Waals surface area contributed by atoms with Crippen LogP contribution >= 0.6 is 11.8 Å². The predicted octanol–water partition coefficient (Wildman–Crippen LogP) is 6.25. The number of hydrogen-bond acceptors (Lipinski definition) is 8. The summed E-state index contributed by atoms with van der Waals surface area (Å²) >= 11 is 1.33. The van der Waals surface area contributed by atoms with Crippen molar-refractivity contribution in [1.82, 2.24) is 5.32 Å². The molecule has 3 amide bonds. The van der Waals surface area contributed by atoms with E-state index in [0.29, 0.717) is 45.5 Å². The SMILES string of the molecule is COc1cccc(NC(=O)C(C)Sc2cccc(NC(=O)/C(=C\c3cc(OC)c(OC)c(OC)c3)NC(=O)c3ccccc3)c2)c1. The van der Waals surface area contributed by atoms with E-state index in [1.54, 1.807) is 99.0 Å². The van der Waals surface area contributed by atoms with Crippen molar-refractivity contribution in [2.75, 3.05) is 39.1 Å². The van der Waals surface area contributed by atoms with E-state index in [4.69, 9.17) is 18.9 Å². The van der Waals surface area contributed by atoms with Crippen molar-refractivity contribution >= 4 is 46.9 Å². The molecule has 238 valence electrons. The highest BCUT2D eigenvalue weighted by atomic mass is 32.2. The highest BCUT2D eigenvalue weighted by molar-refractivity contribution is 8.00. The van der Waals surface area contributed by atoms with Crippen LogP contribution in [0.15, 0.2) is 102 Å². The molecule has 0 spiro atoms. The first-order valence-electron chi connectivity index (χ1n) is 14.2. The van der Waals surface area contributed by atoms with Gasteiger partial charge < -0.3 is 34.9 Å². The second-order valence-corrected chi connectivity index (χ2v) is 11.2. The lowest BCUT2D eigenvalue weighted by molar-refractivity contribution is -0.115. The van der Waals surface area contributed by atoms with Gasteiger partial charge in [0.15, 0.2) is 11.5 Å². The van der Waals surface area contributed by atoms with Crippen LogP contribution in [0.25, 0.3) is 6.08 Å². The molecule has 0 aliphatic rings. The Morgan fingerprint density at radius 3 is 2.00 bits per heavy atom. The standard InChI is InChI=1S/C35H35N3O7S/c1-22(33(39)36-25-13-9-15-27(20-25)42-2)46-28-16-10-14-26(21-28)37-35(41)29(38-34(40)24-11-7-6-8-12-24)17-23-18-30(43-3)32(45-5)31(19-23)44-4/h6-22H,1-5H3,(H,36,39)(H,37,41)(H,38,40)/b29-17+. The summed E-state index contributed by atoms with van der Waals surface area (Å²) in [4.78, 5) is 40.4. The zero-order valence-electron chi connectivity index (χ0n) is 26.1. The Bertz CT molecular complexity index is 1700. The summed E-state index contributed by atoms with van der Waals surface area (Å²) in [5.74, 6) is 0.584. The number of hydrogen-bond donors (Lipinski definition) is 3. The third-order valence-corrected chi connectivity index (χ3v) is 7.73. The van der Waals surface area contributed by atoms with Gasteiger partial charge in [-0.1, -0.05) is 30.3 Å². The van der Waals surface area contributed by atoms with Crippen LogP contribution in [0.2, 0.25) is 0 Å². The molecule has 0 saturated heterocycles. The topological polar surface area (TPSA) is 124 Å². The number of rotatable bonds is 13. The van der Waals surface area contributed by atoms with E-state index in [2.05, 4.69) is 16.0 Å². The molecule has 4 aromatic rings. The summed E-state index contributed by atoms with van der Waals surface area (Å²) in [5.41, 5.74) is 1.98. The number of ether oxygens (including phenoxy) is 4. The maximum Gasteiger partial charge on any atom is 0.272 e. The van der Waals surface area contributed by atoms with Gasteiger partial charge in [0.1, 0.15) is 11.4 Å². The minimum Gasteiger partial charge on any atom is -0.497 e. The van der Waals surface area contributed by atoms with Crippen molar-refractivity contribution in [2.24, 2.45) is 0 Å².